The Labute approximate surface area is 194 Å². The molecule has 9 heteroatoms. The first-order valence-electron chi connectivity index (χ1n) is 9.82. The number of nitrogens with zero attached hydrogens (tertiary/aromatic N) is 1. The number of furan rings is 1. The average molecular weight is 463 g/mol. The highest BCUT2D eigenvalue weighted by Crippen LogP contribution is 2.15. The topological polar surface area (TPSA) is 124 Å². The highest BCUT2D eigenvalue weighted by molar-refractivity contribution is 6.39. The second kappa shape index (κ2) is 11.3. The highest BCUT2D eigenvalue weighted by atomic mass is 35.5. The molecular formula is C24H19ClN4O4. The first-order valence-corrected chi connectivity index (χ1v) is 10.2. The summed E-state index contributed by atoms with van der Waals surface area (Å²) in [6, 6.07) is 20.7. The molecule has 0 radical (unpaired) electrons. The molecule has 8 nitrogen and oxygen atoms in total. The predicted molar refractivity (Wildman–Crippen MR) is 123 cm³/mol. The maximum absolute atomic E-state index is 12.3. The molecule has 3 aromatic rings. The third-order valence-corrected chi connectivity index (χ3v) is 4.58. The van der Waals surface area contributed by atoms with Gasteiger partial charge in [0.05, 0.1) is 6.54 Å². The van der Waals surface area contributed by atoms with E-state index in [9.17, 15) is 19.6 Å². The van der Waals surface area contributed by atoms with E-state index in [1.165, 1.54) is 12.1 Å². The SMILES string of the molecule is N#C/C(=C/c1ccc(CNC(=O)C(=O)Nc2cccc(Cl)c2)o1)C(=O)NCc1ccccc1. The minimum atomic E-state index is -0.860. The van der Waals surface area contributed by atoms with Gasteiger partial charge in [0.1, 0.15) is 23.2 Å². The number of nitriles is 1. The van der Waals surface area contributed by atoms with Crippen molar-refractivity contribution < 1.29 is 18.8 Å². The Morgan fingerprint density at radius 3 is 2.39 bits per heavy atom. The summed E-state index contributed by atoms with van der Waals surface area (Å²) >= 11 is 5.85. The van der Waals surface area contributed by atoms with Crippen molar-refractivity contribution in [3.63, 3.8) is 0 Å². The smallest absolute Gasteiger partial charge is 0.313 e. The number of amides is 3. The zero-order chi connectivity index (χ0) is 23.6. The van der Waals surface area contributed by atoms with Crippen molar-refractivity contribution in [2.45, 2.75) is 13.1 Å². The van der Waals surface area contributed by atoms with Gasteiger partial charge in [0.25, 0.3) is 5.91 Å². The Bertz CT molecular complexity index is 1230. The van der Waals surface area contributed by atoms with Crippen LogP contribution in [0.3, 0.4) is 0 Å². The lowest BCUT2D eigenvalue weighted by Gasteiger charge is -2.06. The molecule has 0 bridgehead atoms. The van der Waals surface area contributed by atoms with Crippen molar-refractivity contribution in [2.24, 2.45) is 0 Å². The molecule has 0 aliphatic rings. The van der Waals surface area contributed by atoms with Crippen molar-refractivity contribution in [2.75, 3.05) is 5.32 Å². The third-order valence-electron chi connectivity index (χ3n) is 4.34. The van der Waals surface area contributed by atoms with Gasteiger partial charge in [-0.3, -0.25) is 14.4 Å². The van der Waals surface area contributed by atoms with Gasteiger partial charge in [-0.1, -0.05) is 48.0 Å². The summed E-state index contributed by atoms with van der Waals surface area (Å²) in [5.74, 6) is -1.65. The van der Waals surface area contributed by atoms with Gasteiger partial charge in [0, 0.05) is 23.3 Å². The summed E-state index contributed by atoms with van der Waals surface area (Å²) in [4.78, 5) is 36.3. The third kappa shape index (κ3) is 7.09. The molecule has 3 rings (SSSR count). The molecular weight excluding hydrogens is 444 g/mol. The number of benzene rings is 2. The van der Waals surface area contributed by atoms with E-state index < -0.39 is 17.7 Å². The minimum absolute atomic E-state index is 0.0578. The second-order valence-electron chi connectivity index (χ2n) is 6.79. The van der Waals surface area contributed by atoms with E-state index in [-0.39, 0.29) is 24.4 Å². The van der Waals surface area contributed by atoms with Gasteiger partial charge in [0.2, 0.25) is 0 Å². The number of carbonyl (C=O) groups is 3. The quantitative estimate of drug-likeness (QED) is 0.282. The summed E-state index contributed by atoms with van der Waals surface area (Å²) in [6.45, 7) is 0.225. The fourth-order valence-corrected chi connectivity index (χ4v) is 2.92. The first kappa shape index (κ1) is 23.3. The van der Waals surface area contributed by atoms with Crippen molar-refractivity contribution in [1.29, 1.82) is 5.26 Å². The minimum Gasteiger partial charge on any atom is -0.460 e. The molecule has 166 valence electrons. The molecule has 0 unspecified atom stereocenters. The lowest BCUT2D eigenvalue weighted by molar-refractivity contribution is -0.136. The Morgan fingerprint density at radius 1 is 0.909 bits per heavy atom. The van der Waals surface area contributed by atoms with Crippen LogP contribution in [0.15, 0.2) is 76.7 Å². The summed E-state index contributed by atoms with van der Waals surface area (Å²) in [7, 11) is 0. The van der Waals surface area contributed by atoms with Crippen LogP contribution in [0.2, 0.25) is 5.02 Å². The maximum atomic E-state index is 12.3. The van der Waals surface area contributed by atoms with Crippen LogP contribution >= 0.6 is 11.6 Å². The zero-order valence-electron chi connectivity index (χ0n) is 17.3. The summed E-state index contributed by atoms with van der Waals surface area (Å²) in [5, 5.41) is 17.3. The second-order valence-corrected chi connectivity index (χ2v) is 7.23. The van der Waals surface area contributed by atoms with E-state index in [0.29, 0.717) is 16.5 Å². The van der Waals surface area contributed by atoms with Crippen LogP contribution in [-0.4, -0.2) is 17.7 Å². The normalized spacial score (nSPS) is 10.7. The Morgan fingerprint density at radius 2 is 1.67 bits per heavy atom. The lowest BCUT2D eigenvalue weighted by atomic mass is 10.2. The Balaban J connectivity index is 1.53. The van der Waals surface area contributed by atoms with Crippen LogP contribution < -0.4 is 16.0 Å². The molecule has 0 aliphatic carbocycles. The molecule has 0 spiro atoms. The fraction of sp³-hybridized carbons (Fsp3) is 0.0833. The van der Waals surface area contributed by atoms with E-state index in [1.54, 1.807) is 30.3 Å². The van der Waals surface area contributed by atoms with Crippen LogP contribution in [0.1, 0.15) is 17.1 Å². The molecule has 3 N–H and O–H groups in total. The van der Waals surface area contributed by atoms with Gasteiger partial charge in [-0.2, -0.15) is 5.26 Å². The van der Waals surface area contributed by atoms with Crippen molar-refractivity contribution in [3.8, 4) is 6.07 Å². The molecule has 3 amide bonds. The van der Waals surface area contributed by atoms with Gasteiger partial charge < -0.3 is 20.4 Å². The molecule has 0 aliphatic heterocycles. The number of hydrogen-bond donors (Lipinski definition) is 3. The zero-order valence-corrected chi connectivity index (χ0v) is 18.1. The Hall–Kier alpha value is -4.35. The summed E-state index contributed by atoms with van der Waals surface area (Å²) in [6.07, 6.45) is 1.30. The van der Waals surface area contributed by atoms with E-state index in [4.69, 9.17) is 16.0 Å². The van der Waals surface area contributed by atoms with Gasteiger partial charge >= 0.3 is 11.8 Å². The van der Waals surface area contributed by atoms with Crippen LogP contribution in [0, 0.1) is 11.3 Å². The molecule has 33 heavy (non-hydrogen) atoms. The average Bonchev–Trinajstić information content (AvgIpc) is 3.27. The largest absolute Gasteiger partial charge is 0.460 e. The molecule has 0 fully saturated rings. The van der Waals surface area contributed by atoms with Crippen molar-refractivity contribution in [1.82, 2.24) is 10.6 Å². The van der Waals surface area contributed by atoms with E-state index >= 15 is 0 Å². The fourth-order valence-electron chi connectivity index (χ4n) is 2.73. The molecule has 1 aromatic heterocycles. The van der Waals surface area contributed by atoms with Gasteiger partial charge in [-0.25, -0.2) is 0 Å². The van der Waals surface area contributed by atoms with Crippen LogP contribution in [0.4, 0.5) is 5.69 Å². The van der Waals surface area contributed by atoms with Crippen molar-refractivity contribution >= 4 is 41.1 Å². The predicted octanol–water partition coefficient (Wildman–Crippen LogP) is 3.41. The maximum Gasteiger partial charge on any atom is 0.313 e. The summed E-state index contributed by atoms with van der Waals surface area (Å²) in [5.41, 5.74) is 1.16. The van der Waals surface area contributed by atoms with Crippen molar-refractivity contribution in [3.05, 3.63) is 94.4 Å². The molecule has 1 heterocycles. The molecule has 0 saturated carbocycles. The van der Waals surface area contributed by atoms with E-state index in [0.717, 1.165) is 5.56 Å². The van der Waals surface area contributed by atoms with Crippen LogP contribution in [0.25, 0.3) is 6.08 Å². The van der Waals surface area contributed by atoms with Crippen LogP contribution in [0.5, 0.6) is 0 Å². The molecule has 0 saturated heterocycles. The monoisotopic (exact) mass is 462 g/mol. The van der Waals surface area contributed by atoms with E-state index in [1.807, 2.05) is 36.4 Å². The number of halogens is 1. The van der Waals surface area contributed by atoms with Gasteiger partial charge in [-0.15, -0.1) is 0 Å². The van der Waals surface area contributed by atoms with Crippen LogP contribution in [-0.2, 0) is 27.5 Å². The number of anilines is 1. The lowest BCUT2D eigenvalue weighted by Crippen LogP contribution is -2.34. The molecule has 0 atom stereocenters. The number of nitrogens with one attached hydrogen (secondary N) is 3. The Kier molecular flexibility index (Phi) is 8.00. The number of rotatable bonds is 7. The standard InChI is InChI=1S/C24H19ClN4O4/c25-18-7-4-8-19(12-18)29-24(32)23(31)28-15-21-10-9-20(33-21)11-17(13-26)22(30)27-14-16-5-2-1-3-6-16/h1-12H,14-15H2,(H,27,30)(H,28,31)(H,29,32)/b17-11-. The number of hydrogen-bond acceptors (Lipinski definition) is 5. The summed E-state index contributed by atoms with van der Waals surface area (Å²) < 4.78 is 5.52. The number of carbonyl (C=O) groups excluding carboxylic acids is 3. The highest BCUT2D eigenvalue weighted by Gasteiger charge is 2.15. The van der Waals surface area contributed by atoms with E-state index in [2.05, 4.69) is 16.0 Å². The van der Waals surface area contributed by atoms with Gasteiger partial charge in [0.15, 0.2) is 0 Å². The first-order chi connectivity index (χ1) is 15.9. The molecule has 2 aromatic carbocycles. The van der Waals surface area contributed by atoms with Gasteiger partial charge in [-0.05, 0) is 35.9 Å².